The molecule has 1 atom stereocenters. The van der Waals surface area contributed by atoms with Crippen LogP contribution in [0.1, 0.15) is 43.0 Å². The molecule has 19 heavy (non-hydrogen) atoms. The third-order valence-corrected chi connectivity index (χ3v) is 3.41. The lowest BCUT2D eigenvalue weighted by Crippen LogP contribution is -2.24. The van der Waals surface area contributed by atoms with E-state index in [1.54, 1.807) is 0 Å². The lowest BCUT2D eigenvalue weighted by Gasteiger charge is -2.19. The van der Waals surface area contributed by atoms with Crippen molar-refractivity contribution in [3.05, 3.63) is 23.8 Å². The molecule has 1 saturated carbocycles. The van der Waals surface area contributed by atoms with Gasteiger partial charge in [-0.25, -0.2) is 5.43 Å². The van der Waals surface area contributed by atoms with Crippen molar-refractivity contribution in [2.45, 2.75) is 32.6 Å². The summed E-state index contributed by atoms with van der Waals surface area (Å²) in [6, 6.07) is 3.82. The average molecular weight is 262 g/mol. The number of amides is 1. The van der Waals surface area contributed by atoms with Gasteiger partial charge in [0.2, 0.25) is 0 Å². The highest BCUT2D eigenvalue weighted by atomic mass is 16.3. The fourth-order valence-electron chi connectivity index (χ4n) is 2.22. The Labute approximate surface area is 112 Å². The second-order valence-electron chi connectivity index (χ2n) is 4.89. The molecule has 0 saturated heterocycles. The van der Waals surface area contributed by atoms with E-state index in [1.807, 2.05) is 0 Å². The second kappa shape index (κ2) is 5.73. The Morgan fingerprint density at radius 3 is 2.89 bits per heavy atom. The van der Waals surface area contributed by atoms with Crippen LogP contribution in [0.25, 0.3) is 0 Å². The molecule has 1 aliphatic carbocycles. The van der Waals surface area contributed by atoms with Crippen molar-refractivity contribution >= 4 is 11.6 Å². The second-order valence-corrected chi connectivity index (χ2v) is 4.89. The van der Waals surface area contributed by atoms with E-state index in [2.05, 4.69) is 17.5 Å². The number of phenols is 2. The van der Waals surface area contributed by atoms with Crippen LogP contribution in [0.5, 0.6) is 11.5 Å². The van der Waals surface area contributed by atoms with Crippen molar-refractivity contribution in [2.24, 2.45) is 11.0 Å². The Kier molecular flexibility index (Phi) is 4.04. The van der Waals surface area contributed by atoms with Crippen LogP contribution in [0.3, 0.4) is 0 Å². The molecule has 1 fully saturated rings. The van der Waals surface area contributed by atoms with Gasteiger partial charge >= 0.3 is 0 Å². The van der Waals surface area contributed by atoms with Gasteiger partial charge in [-0.3, -0.25) is 4.79 Å². The number of rotatable bonds is 2. The Morgan fingerprint density at radius 2 is 2.16 bits per heavy atom. The SMILES string of the molecule is C[C@H]1CCCC/C1=N/NC(=O)c1cc(O)ccc1O. The van der Waals surface area contributed by atoms with E-state index < -0.39 is 5.91 Å². The van der Waals surface area contributed by atoms with E-state index in [9.17, 15) is 15.0 Å². The molecule has 1 aromatic rings. The highest BCUT2D eigenvalue weighted by molar-refractivity contribution is 5.98. The largest absolute Gasteiger partial charge is 0.508 e. The molecule has 0 bridgehead atoms. The molecule has 5 heteroatoms. The van der Waals surface area contributed by atoms with Gasteiger partial charge < -0.3 is 10.2 Å². The number of benzene rings is 1. The molecule has 0 aliphatic heterocycles. The Hall–Kier alpha value is -2.04. The van der Waals surface area contributed by atoms with Crippen molar-refractivity contribution in [3.8, 4) is 11.5 Å². The summed E-state index contributed by atoms with van der Waals surface area (Å²) in [5, 5.41) is 23.0. The molecule has 0 radical (unpaired) electrons. The molecule has 1 aliphatic rings. The minimum Gasteiger partial charge on any atom is -0.508 e. The van der Waals surface area contributed by atoms with Crippen molar-refractivity contribution in [2.75, 3.05) is 0 Å². The van der Waals surface area contributed by atoms with Gasteiger partial charge in [0.05, 0.1) is 5.56 Å². The maximum atomic E-state index is 11.9. The van der Waals surface area contributed by atoms with Crippen LogP contribution in [0, 0.1) is 5.92 Å². The quantitative estimate of drug-likeness (QED) is 0.565. The topological polar surface area (TPSA) is 81.9 Å². The van der Waals surface area contributed by atoms with Crippen LogP contribution < -0.4 is 5.43 Å². The fourth-order valence-corrected chi connectivity index (χ4v) is 2.22. The van der Waals surface area contributed by atoms with Crippen LogP contribution in [0.2, 0.25) is 0 Å². The monoisotopic (exact) mass is 262 g/mol. The van der Waals surface area contributed by atoms with E-state index in [4.69, 9.17) is 0 Å². The van der Waals surface area contributed by atoms with Crippen LogP contribution in [-0.4, -0.2) is 21.8 Å². The molecule has 3 N–H and O–H groups in total. The van der Waals surface area contributed by atoms with Gasteiger partial charge in [0.15, 0.2) is 0 Å². The zero-order valence-electron chi connectivity index (χ0n) is 10.9. The highest BCUT2D eigenvalue weighted by Gasteiger charge is 2.17. The third kappa shape index (κ3) is 3.24. The maximum Gasteiger partial charge on any atom is 0.275 e. The lowest BCUT2D eigenvalue weighted by atomic mass is 9.89. The number of carbonyl (C=O) groups is 1. The van der Waals surface area contributed by atoms with Gasteiger partial charge in [-0.15, -0.1) is 0 Å². The Bertz CT molecular complexity index is 511. The lowest BCUT2D eigenvalue weighted by molar-refractivity contribution is 0.0951. The minimum atomic E-state index is -0.515. The molecule has 0 spiro atoms. The third-order valence-electron chi connectivity index (χ3n) is 3.41. The zero-order chi connectivity index (χ0) is 13.8. The first-order valence-electron chi connectivity index (χ1n) is 6.46. The summed E-state index contributed by atoms with van der Waals surface area (Å²) in [6.45, 7) is 2.09. The number of hydrogen-bond acceptors (Lipinski definition) is 4. The first-order valence-corrected chi connectivity index (χ1v) is 6.46. The summed E-state index contributed by atoms with van der Waals surface area (Å²) in [4.78, 5) is 11.9. The molecular formula is C14H18N2O3. The van der Waals surface area contributed by atoms with Crippen molar-refractivity contribution in [3.63, 3.8) is 0 Å². The first-order chi connectivity index (χ1) is 9.08. The van der Waals surface area contributed by atoms with E-state index in [0.29, 0.717) is 5.92 Å². The molecule has 2 rings (SSSR count). The molecule has 0 heterocycles. The number of aromatic hydroxyl groups is 2. The number of nitrogens with one attached hydrogen (secondary N) is 1. The molecule has 1 amide bonds. The van der Waals surface area contributed by atoms with Gasteiger partial charge in [0, 0.05) is 5.71 Å². The number of hydrogen-bond donors (Lipinski definition) is 3. The van der Waals surface area contributed by atoms with Crippen molar-refractivity contribution in [1.82, 2.24) is 5.43 Å². The molecule has 1 aromatic carbocycles. The Balaban J connectivity index is 2.08. The van der Waals surface area contributed by atoms with E-state index >= 15 is 0 Å². The first kappa shape index (κ1) is 13.4. The predicted molar refractivity (Wildman–Crippen MR) is 72.3 cm³/mol. The summed E-state index contributed by atoms with van der Waals surface area (Å²) in [5.41, 5.74) is 3.45. The predicted octanol–water partition coefficient (Wildman–Crippen LogP) is 2.39. The normalized spacial score (nSPS) is 21.3. The van der Waals surface area contributed by atoms with Gasteiger partial charge in [0.1, 0.15) is 11.5 Å². The van der Waals surface area contributed by atoms with Gasteiger partial charge in [0.25, 0.3) is 5.91 Å². The number of hydrazone groups is 1. The van der Waals surface area contributed by atoms with Crippen LogP contribution in [-0.2, 0) is 0 Å². The number of phenolic OH excluding ortho intramolecular Hbond substituents is 2. The Morgan fingerprint density at radius 1 is 1.37 bits per heavy atom. The summed E-state index contributed by atoms with van der Waals surface area (Å²) in [7, 11) is 0. The van der Waals surface area contributed by atoms with Crippen LogP contribution >= 0.6 is 0 Å². The molecule has 0 aromatic heterocycles. The van der Waals surface area contributed by atoms with Crippen LogP contribution in [0.15, 0.2) is 23.3 Å². The summed E-state index contributed by atoms with van der Waals surface area (Å²) >= 11 is 0. The smallest absolute Gasteiger partial charge is 0.275 e. The summed E-state index contributed by atoms with van der Waals surface area (Å²) in [6.07, 6.45) is 4.28. The van der Waals surface area contributed by atoms with Crippen LogP contribution in [0.4, 0.5) is 0 Å². The number of carbonyl (C=O) groups excluding carboxylic acids is 1. The van der Waals surface area contributed by atoms with Gasteiger partial charge in [-0.2, -0.15) is 5.10 Å². The van der Waals surface area contributed by atoms with E-state index in [-0.39, 0.29) is 17.1 Å². The molecule has 0 unspecified atom stereocenters. The zero-order valence-corrected chi connectivity index (χ0v) is 10.9. The molecule has 102 valence electrons. The standard InChI is InChI=1S/C14H18N2O3/c1-9-4-2-3-5-12(9)15-16-14(19)11-8-10(17)6-7-13(11)18/h6-9,17-18H,2-5H2,1H3,(H,16,19)/b15-12-/t9-/m0/s1. The highest BCUT2D eigenvalue weighted by Crippen LogP contribution is 2.23. The van der Waals surface area contributed by atoms with Crippen molar-refractivity contribution < 1.29 is 15.0 Å². The van der Waals surface area contributed by atoms with Gasteiger partial charge in [-0.1, -0.05) is 13.3 Å². The number of nitrogens with zero attached hydrogens (tertiary/aromatic N) is 1. The minimum absolute atomic E-state index is 0.0211. The van der Waals surface area contributed by atoms with Crippen molar-refractivity contribution in [1.29, 1.82) is 0 Å². The van der Waals surface area contributed by atoms with Gasteiger partial charge in [-0.05, 0) is 43.4 Å². The molecule has 5 nitrogen and oxygen atoms in total. The molecular weight excluding hydrogens is 244 g/mol. The maximum absolute atomic E-state index is 11.9. The fraction of sp³-hybridized carbons (Fsp3) is 0.429. The summed E-state index contributed by atoms with van der Waals surface area (Å²) in [5.74, 6) is -0.376. The summed E-state index contributed by atoms with van der Waals surface area (Å²) < 4.78 is 0. The van der Waals surface area contributed by atoms with E-state index in [0.717, 1.165) is 25.0 Å². The van der Waals surface area contributed by atoms with E-state index in [1.165, 1.54) is 24.6 Å². The average Bonchev–Trinajstić information content (AvgIpc) is 2.40.